The summed E-state index contributed by atoms with van der Waals surface area (Å²) in [7, 11) is -4.36. The number of morpholine rings is 1. The molecule has 194 valence electrons. The number of nitrogens with one attached hydrogen (secondary N) is 2. The van der Waals surface area contributed by atoms with Gasteiger partial charge in [0.15, 0.2) is 0 Å². The Balaban J connectivity index is 1.53. The summed E-state index contributed by atoms with van der Waals surface area (Å²) in [6.07, 6.45) is 0. The first kappa shape index (κ1) is 25.7. The third kappa shape index (κ3) is 5.90. The highest BCUT2D eigenvalue weighted by Gasteiger charge is 2.28. The second-order valence-electron chi connectivity index (χ2n) is 8.20. The average molecular weight is 530 g/mol. The van der Waals surface area contributed by atoms with E-state index in [-0.39, 0.29) is 11.3 Å². The monoisotopic (exact) mass is 529 g/mol. The number of benzene rings is 2. The molecular formula is C22H23N7O7S. The number of nitro benzene ring substituents is 2. The van der Waals surface area contributed by atoms with Crippen LogP contribution in [0.5, 0.6) is 0 Å². The first-order chi connectivity index (χ1) is 17.5. The first-order valence-corrected chi connectivity index (χ1v) is 12.5. The van der Waals surface area contributed by atoms with Gasteiger partial charge in [0, 0.05) is 48.4 Å². The highest BCUT2D eigenvalue weighted by Crippen LogP contribution is 2.32. The molecule has 2 aromatic carbocycles. The number of anilines is 4. The molecule has 3 aromatic rings. The molecule has 0 saturated carbocycles. The minimum Gasteiger partial charge on any atom is -0.378 e. The lowest BCUT2D eigenvalue weighted by Gasteiger charge is -2.28. The average Bonchev–Trinajstić information content (AvgIpc) is 2.85. The molecule has 0 radical (unpaired) electrons. The van der Waals surface area contributed by atoms with Gasteiger partial charge in [0.05, 0.1) is 23.1 Å². The Labute approximate surface area is 211 Å². The van der Waals surface area contributed by atoms with Crippen LogP contribution in [-0.2, 0) is 14.8 Å². The highest BCUT2D eigenvalue weighted by molar-refractivity contribution is 7.92. The van der Waals surface area contributed by atoms with E-state index in [1.165, 1.54) is 19.1 Å². The number of sulfonamides is 1. The summed E-state index contributed by atoms with van der Waals surface area (Å²) in [6.45, 7) is 5.72. The number of hydrogen-bond acceptors (Lipinski definition) is 11. The van der Waals surface area contributed by atoms with Crippen molar-refractivity contribution in [1.82, 2.24) is 9.97 Å². The lowest BCUT2D eigenvalue weighted by Crippen LogP contribution is -2.36. The Kier molecular flexibility index (Phi) is 7.17. The second-order valence-corrected chi connectivity index (χ2v) is 9.88. The maximum Gasteiger partial charge on any atom is 0.280 e. The molecule has 0 amide bonds. The molecule has 1 fully saturated rings. The van der Waals surface area contributed by atoms with Crippen molar-refractivity contribution in [3.63, 3.8) is 0 Å². The third-order valence-corrected chi connectivity index (χ3v) is 6.96. The lowest BCUT2D eigenvalue weighted by atomic mass is 10.1. The fraction of sp³-hybridized carbons (Fsp3) is 0.273. The van der Waals surface area contributed by atoms with E-state index in [1.807, 2.05) is 13.0 Å². The van der Waals surface area contributed by atoms with Crippen LogP contribution in [0.25, 0.3) is 0 Å². The standard InChI is InChI=1S/C22H23N7O7S/c1-14-11-21(27-7-9-36-10-8-27)25-22(23-14)24-16-3-5-17(6-4-16)26-37(34,35)18-12-19(28(30)31)15(2)20(13-18)29(32)33/h3-6,11-13,26H,7-10H2,1-2H3,(H,23,24,25). The van der Waals surface area contributed by atoms with Gasteiger partial charge in [0.1, 0.15) is 16.3 Å². The number of ether oxygens (including phenoxy) is 1. The minimum absolute atomic E-state index is 0.149. The normalized spacial score (nSPS) is 13.7. The fourth-order valence-electron chi connectivity index (χ4n) is 3.72. The number of nitro groups is 2. The van der Waals surface area contributed by atoms with E-state index in [1.54, 1.807) is 12.1 Å². The van der Waals surface area contributed by atoms with Gasteiger partial charge in [-0.3, -0.25) is 25.0 Å². The maximum atomic E-state index is 12.9. The molecular weight excluding hydrogens is 506 g/mol. The summed E-state index contributed by atoms with van der Waals surface area (Å²) in [4.78, 5) is 31.3. The van der Waals surface area contributed by atoms with Crippen LogP contribution in [0, 0.1) is 34.1 Å². The molecule has 0 aliphatic carbocycles. The summed E-state index contributed by atoms with van der Waals surface area (Å²) >= 11 is 0. The molecule has 14 nitrogen and oxygen atoms in total. The van der Waals surface area contributed by atoms with Crippen LogP contribution in [0.15, 0.2) is 47.4 Å². The van der Waals surface area contributed by atoms with Gasteiger partial charge in [-0.1, -0.05) is 0 Å². The van der Waals surface area contributed by atoms with E-state index in [4.69, 9.17) is 4.74 Å². The summed E-state index contributed by atoms with van der Waals surface area (Å²) < 4.78 is 33.4. The maximum absolute atomic E-state index is 12.9. The van der Waals surface area contributed by atoms with Gasteiger partial charge in [-0.05, 0) is 38.1 Å². The lowest BCUT2D eigenvalue weighted by molar-refractivity contribution is -0.395. The molecule has 0 atom stereocenters. The van der Waals surface area contributed by atoms with Gasteiger partial charge in [0.2, 0.25) is 5.95 Å². The number of nitrogens with zero attached hydrogens (tertiary/aromatic N) is 5. The van der Waals surface area contributed by atoms with Crippen LogP contribution < -0.4 is 14.9 Å². The van der Waals surface area contributed by atoms with Gasteiger partial charge in [0.25, 0.3) is 21.4 Å². The molecule has 15 heteroatoms. The van der Waals surface area contributed by atoms with Crippen molar-refractivity contribution in [3.8, 4) is 0 Å². The van der Waals surface area contributed by atoms with Crippen molar-refractivity contribution >= 4 is 44.5 Å². The number of aromatic nitrogens is 2. The number of hydrogen-bond donors (Lipinski definition) is 2. The van der Waals surface area contributed by atoms with Gasteiger partial charge in [-0.25, -0.2) is 13.4 Å². The van der Waals surface area contributed by atoms with E-state index >= 15 is 0 Å². The highest BCUT2D eigenvalue weighted by atomic mass is 32.2. The van der Waals surface area contributed by atoms with Crippen molar-refractivity contribution in [2.75, 3.05) is 41.2 Å². The molecule has 0 unspecified atom stereocenters. The van der Waals surface area contributed by atoms with Gasteiger partial charge in [-0.2, -0.15) is 4.98 Å². The quantitative estimate of drug-likeness (QED) is 0.322. The van der Waals surface area contributed by atoms with E-state index in [2.05, 4.69) is 24.9 Å². The predicted molar refractivity (Wildman–Crippen MR) is 135 cm³/mol. The summed E-state index contributed by atoms with van der Waals surface area (Å²) in [5.74, 6) is 1.14. The number of aryl methyl sites for hydroxylation is 1. The molecule has 1 aromatic heterocycles. The molecule has 37 heavy (non-hydrogen) atoms. The SMILES string of the molecule is Cc1cc(N2CCOCC2)nc(Nc2ccc(NS(=O)(=O)c3cc([N+](=O)[O-])c(C)c([N+](=O)[O-])c3)cc2)n1. The summed E-state index contributed by atoms with van der Waals surface area (Å²) in [5.41, 5.74) is -0.0599. The molecule has 1 aliphatic rings. The first-order valence-electron chi connectivity index (χ1n) is 11.1. The largest absolute Gasteiger partial charge is 0.378 e. The third-order valence-electron chi connectivity index (χ3n) is 5.60. The van der Waals surface area contributed by atoms with E-state index in [9.17, 15) is 28.6 Å². The van der Waals surface area contributed by atoms with Crippen LogP contribution in [0.2, 0.25) is 0 Å². The smallest absolute Gasteiger partial charge is 0.280 e. The Morgan fingerprint density at radius 1 is 0.919 bits per heavy atom. The Morgan fingerprint density at radius 3 is 2.05 bits per heavy atom. The number of rotatable bonds is 8. The molecule has 2 heterocycles. The fourth-order valence-corrected chi connectivity index (χ4v) is 4.82. The minimum atomic E-state index is -4.36. The molecule has 2 N–H and O–H groups in total. The van der Waals surface area contributed by atoms with Crippen molar-refractivity contribution < 1.29 is 23.0 Å². The molecule has 1 aliphatic heterocycles. The van der Waals surface area contributed by atoms with Gasteiger partial charge in [-0.15, -0.1) is 0 Å². The van der Waals surface area contributed by atoms with Crippen LogP contribution in [0.4, 0.5) is 34.5 Å². The van der Waals surface area contributed by atoms with Gasteiger partial charge >= 0.3 is 0 Å². The molecule has 4 rings (SSSR count). The van der Waals surface area contributed by atoms with Crippen molar-refractivity contribution in [2.45, 2.75) is 18.7 Å². The topological polar surface area (TPSA) is 183 Å². The second kappa shape index (κ2) is 10.3. The van der Waals surface area contributed by atoms with Crippen molar-refractivity contribution in [2.24, 2.45) is 0 Å². The van der Waals surface area contributed by atoms with Crippen LogP contribution in [0.3, 0.4) is 0 Å². The van der Waals surface area contributed by atoms with E-state index in [0.717, 1.165) is 36.7 Å². The Hall–Kier alpha value is -4.37. The Bertz CT molecular complexity index is 1420. The summed E-state index contributed by atoms with van der Waals surface area (Å²) in [6, 6.07) is 9.60. The van der Waals surface area contributed by atoms with Crippen molar-refractivity contribution in [1.29, 1.82) is 0 Å². The molecule has 0 bridgehead atoms. The van der Waals surface area contributed by atoms with Gasteiger partial charge < -0.3 is 15.0 Å². The summed E-state index contributed by atoms with van der Waals surface area (Å²) in [5, 5.41) is 25.7. The van der Waals surface area contributed by atoms with Crippen molar-refractivity contribution in [3.05, 3.63) is 74.0 Å². The zero-order valence-electron chi connectivity index (χ0n) is 19.9. The van der Waals surface area contributed by atoms with Crippen LogP contribution >= 0.6 is 0 Å². The Morgan fingerprint density at radius 2 is 1.49 bits per heavy atom. The van der Waals surface area contributed by atoms with Crippen LogP contribution in [-0.4, -0.2) is 54.5 Å². The van der Waals surface area contributed by atoms with E-state index < -0.39 is 36.1 Å². The predicted octanol–water partition coefficient (Wildman–Crippen LogP) is 3.29. The molecule has 1 saturated heterocycles. The zero-order chi connectivity index (χ0) is 26.7. The molecule has 0 spiro atoms. The van der Waals surface area contributed by atoms with E-state index in [0.29, 0.717) is 24.8 Å². The van der Waals surface area contributed by atoms with Crippen LogP contribution in [0.1, 0.15) is 11.3 Å². The zero-order valence-corrected chi connectivity index (χ0v) is 20.7.